The van der Waals surface area contributed by atoms with Crippen LogP contribution in [0.4, 0.5) is 0 Å². The highest BCUT2D eigenvalue weighted by molar-refractivity contribution is 5.80. The van der Waals surface area contributed by atoms with Crippen LogP contribution < -0.4 is 0 Å². The van der Waals surface area contributed by atoms with E-state index in [2.05, 4.69) is 66.0 Å². The van der Waals surface area contributed by atoms with Gasteiger partial charge in [0.25, 0.3) is 0 Å². The Morgan fingerprint density at radius 1 is 1.26 bits per heavy atom. The van der Waals surface area contributed by atoms with Gasteiger partial charge in [-0.15, -0.1) is 0 Å². The van der Waals surface area contributed by atoms with Crippen LogP contribution in [0.2, 0.25) is 0 Å². The van der Waals surface area contributed by atoms with E-state index in [4.69, 9.17) is 0 Å². The van der Waals surface area contributed by atoms with Crippen LogP contribution in [0.1, 0.15) is 12.0 Å². The normalized spacial score (nSPS) is 20.7. The van der Waals surface area contributed by atoms with Gasteiger partial charge in [-0.05, 0) is 50.1 Å². The molecule has 19 heavy (non-hydrogen) atoms. The summed E-state index contributed by atoms with van der Waals surface area (Å²) in [5, 5.41) is 1.33. The van der Waals surface area contributed by atoms with Crippen molar-refractivity contribution in [1.82, 2.24) is 14.4 Å². The lowest BCUT2D eigenvalue weighted by molar-refractivity contribution is 0.234. The van der Waals surface area contributed by atoms with Gasteiger partial charge in [0.2, 0.25) is 0 Å². The molecular formula is C16H23N3. The summed E-state index contributed by atoms with van der Waals surface area (Å²) in [7, 11) is 6.57. The van der Waals surface area contributed by atoms with E-state index in [0.29, 0.717) is 6.04 Å². The Bertz CT molecular complexity index is 572. The number of aryl methyl sites for hydroxylation is 1. The molecule has 1 aliphatic heterocycles. The van der Waals surface area contributed by atoms with E-state index in [1.165, 1.54) is 36.0 Å². The maximum absolute atomic E-state index is 2.49. The molecule has 1 aromatic heterocycles. The zero-order valence-corrected chi connectivity index (χ0v) is 12.1. The molecule has 2 heterocycles. The molecule has 2 aromatic rings. The summed E-state index contributed by atoms with van der Waals surface area (Å²) in [6.07, 6.45) is 3.42. The summed E-state index contributed by atoms with van der Waals surface area (Å²) in [6, 6.07) is 9.70. The number of hydrogen-bond donors (Lipinski definition) is 0. The van der Waals surface area contributed by atoms with Crippen molar-refractivity contribution < 1.29 is 0 Å². The zero-order valence-electron chi connectivity index (χ0n) is 12.1. The molecule has 102 valence electrons. The van der Waals surface area contributed by atoms with Crippen molar-refractivity contribution in [1.29, 1.82) is 0 Å². The molecule has 3 nitrogen and oxygen atoms in total. The minimum absolute atomic E-state index is 0.703. The van der Waals surface area contributed by atoms with Crippen molar-refractivity contribution in [2.24, 2.45) is 7.05 Å². The van der Waals surface area contributed by atoms with Crippen LogP contribution in [-0.4, -0.2) is 47.6 Å². The van der Waals surface area contributed by atoms with Gasteiger partial charge in [-0.25, -0.2) is 0 Å². The Kier molecular flexibility index (Phi) is 3.33. The third kappa shape index (κ3) is 2.53. The van der Waals surface area contributed by atoms with Gasteiger partial charge < -0.3 is 9.47 Å². The monoisotopic (exact) mass is 257 g/mol. The minimum atomic E-state index is 0.703. The van der Waals surface area contributed by atoms with Gasteiger partial charge in [0.1, 0.15) is 0 Å². The Balaban J connectivity index is 1.75. The van der Waals surface area contributed by atoms with Gasteiger partial charge >= 0.3 is 0 Å². The predicted molar refractivity (Wildman–Crippen MR) is 80.3 cm³/mol. The fourth-order valence-corrected chi connectivity index (χ4v) is 3.10. The molecule has 0 aliphatic carbocycles. The lowest BCUT2D eigenvalue weighted by atomic mass is 10.1. The van der Waals surface area contributed by atoms with Gasteiger partial charge in [-0.3, -0.25) is 4.90 Å². The molecule has 3 heteroatoms. The molecule has 0 saturated carbocycles. The van der Waals surface area contributed by atoms with Gasteiger partial charge in [0, 0.05) is 37.9 Å². The summed E-state index contributed by atoms with van der Waals surface area (Å²) in [6.45, 7) is 3.47. The van der Waals surface area contributed by atoms with E-state index >= 15 is 0 Å². The molecule has 1 fully saturated rings. The first kappa shape index (κ1) is 12.7. The van der Waals surface area contributed by atoms with Gasteiger partial charge in [0.05, 0.1) is 0 Å². The first-order valence-corrected chi connectivity index (χ1v) is 7.06. The largest absolute Gasteiger partial charge is 0.351 e. The topological polar surface area (TPSA) is 11.4 Å². The summed E-state index contributed by atoms with van der Waals surface area (Å²) < 4.78 is 2.20. The lowest BCUT2D eigenvalue weighted by Crippen LogP contribution is -2.33. The van der Waals surface area contributed by atoms with Crippen molar-refractivity contribution in [3.63, 3.8) is 0 Å². The molecule has 3 rings (SSSR count). The molecule has 0 unspecified atom stereocenters. The van der Waals surface area contributed by atoms with E-state index in [1.807, 2.05) is 0 Å². The molecule has 0 spiro atoms. The van der Waals surface area contributed by atoms with Crippen LogP contribution in [0.5, 0.6) is 0 Å². The van der Waals surface area contributed by atoms with Gasteiger partial charge in [-0.2, -0.15) is 0 Å². The number of nitrogens with zero attached hydrogens (tertiary/aromatic N) is 3. The summed E-state index contributed by atoms with van der Waals surface area (Å²) >= 11 is 0. The minimum Gasteiger partial charge on any atom is -0.351 e. The first-order valence-electron chi connectivity index (χ1n) is 7.06. The quantitative estimate of drug-likeness (QED) is 0.836. The van der Waals surface area contributed by atoms with Crippen LogP contribution in [-0.2, 0) is 13.6 Å². The number of hydrogen-bond acceptors (Lipinski definition) is 2. The molecule has 1 aliphatic rings. The van der Waals surface area contributed by atoms with Crippen molar-refractivity contribution in [2.45, 2.75) is 19.0 Å². The molecular weight excluding hydrogens is 234 g/mol. The molecule has 1 aromatic carbocycles. The summed E-state index contributed by atoms with van der Waals surface area (Å²) in [5.41, 5.74) is 2.74. The van der Waals surface area contributed by atoms with E-state index in [0.717, 1.165) is 6.54 Å². The molecule has 0 N–H and O–H groups in total. The zero-order chi connectivity index (χ0) is 13.4. The maximum Gasteiger partial charge on any atom is 0.0480 e. The smallest absolute Gasteiger partial charge is 0.0480 e. The maximum atomic E-state index is 2.49. The lowest BCUT2D eigenvalue weighted by Gasteiger charge is -2.24. The second kappa shape index (κ2) is 4.99. The number of aromatic nitrogens is 1. The van der Waals surface area contributed by atoms with Gasteiger partial charge in [0.15, 0.2) is 0 Å². The van der Waals surface area contributed by atoms with Gasteiger partial charge in [-0.1, -0.05) is 12.1 Å². The molecule has 0 amide bonds. The van der Waals surface area contributed by atoms with Crippen molar-refractivity contribution in [3.8, 4) is 0 Å². The van der Waals surface area contributed by atoms with Crippen LogP contribution >= 0.6 is 0 Å². The van der Waals surface area contributed by atoms with Crippen LogP contribution in [0.25, 0.3) is 10.9 Å². The van der Waals surface area contributed by atoms with E-state index in [-0.39, 0.29) is 0 Å². The second-order valence-corrected chi connectivity index (χ2v) is 5.94. The highest BCUT2D eigenvalue weighted by Gasteiger charge is 2.23. The third-order valence-corrected chi connectivity index (χ3v) is 4.37. The first-order chi connectivity index (χ1) is 9.13. The van der Waals surface area contributed by atoms with E-state index < -0.39 is 0 Å². The van der Waals surface area contributed by atoms with E-state index in [9.17, 15) is 0 Å². The highest BCUT2D eigenvalue weighted by Crippen LogP contribution is 2.19. The molecule has 1 saturated heterocycles. The summed E-state index contributed by atoms with van der Waals surface area (Å²) in [4.78, 5) is 4.91. The fraction of sp³-hybridized carbons (Fsp3) is 0.500. The average Bonchev–Trinajstić information content (AvgIpc) is 2.97. The van der Waals surface area contributed by atoms with Crippen molar-refractivity contribution in [3.05, 3.63) is 36.0 Å². The molecule has 0 bridgehead atoms. The Morgan fingerprint density at radius 3 is 2.84 bits per heavy atom. The third-order valence-electron chi connectivity index (χ3n) is 4.37. The SMILES string of the molecule is CN1CC[C@H](N(C)Cc2ccc3ccn(C)c3c2)C1. The number of fused-ring (bicyclic) bond motifs is 1. The Labute approximate surface area is 115 Å². The van der Waals surface area contributed by atoms with Crippen molar-refractivity contribution in [2.75, 3.05) is 27.2 Å². The average molecular weight is 257 g/mol. The fourth-order valence-electron chi connectivity index (χ4n) is 3.10. The molecule has 1 atom stereocenters. The molecule has 0 radical (unpaired) electrons. The van der Waals surface area contributed by atoms with Crippen LogP contribution in [0, 0.1) is 0 Å². The number of rotatable bonds is 3. The van der Waals surface area contributed by atoms with E-state index in [1.54, 1.807) is 0 Å². The second-order valence-electron chi connectivity index (χ2n) is 5.94. The number of likely N-dealkylation sites (N-methyl/N-ethyl adjacent to an activating group) is 2. The Hall–Kier alpha value is -1.32. The summed E-state index contributed by atoms with van der Waals surface area (Å²) in [5.74, 6) is 0. The van der Waals surface area contributed by atoms with Crippen molar-refractivity contribution >= 4 is 10.9 Å². The Morgan fingerprint density at radius 2 is 2.11 bits per heavy atom. The predicted octanol–water partition coefficient (Wildman–Crippen LogP) is 2.31. The van der Waals surface area contributed by atoms with Crippen LogP contribution in [0.15, 0.2) is 30.5 Å². The standard InChI is InChI=1S/C16H23N3/c1-17-8-7-15(12-17)19(3)11-13-4-5-14-6-9-18(2)16(14)10-13/h4-6,9-10,15H,7-8,11-12H2,1-3H3/t15-/m0/s1. The number of likely N-dealkylation sites (tertiary alicyclic amines) is 1. The number of benzene rings is 1. The highest BCUT2D eigenvalue weighted by atomic mass is 15.2. The van der Waals surface area contributed by atoms with Crippen LogP contribution in [0.3, 0.4) is 0 Å².